The van der Waals surface area contributed by atoms with E-state index in [-0.39, 0.29) is 6.17 Å². The molecule has 2 aliphatic carbocycles. The molecule has 18 heavy (non-hydrogen) atoms. The number of fused-ring (bicyclic) bond motifs is 1. The first-order valence-electron chi connectivity index (χ1n) is 7.06. The van der Waals surface area contributed by atoms with Crippen molar-refractivity contribution in [2.24, 2.45) is 23.0 Å². The first-order chi connectivity index (χ1) is 8.80. The van der Waals surface area contributed by atoms with Crippen LogP contribution in [0.1, 0.15) is 26.2 Å². The molecule has 0 saturated heterocycles. The molecule has 0 aromatic carbocycles. The summed E-state index contributed by atoms with van der Waals surface area (Å²) in [4.78, 5) is 0. The molecule has 1 heterocycles. The van der Waals surface area contributed by atoms with Crippen LogP contribution < -0.4 is 16.4 Å². The number of nitrogens with one attached hydrogen (secondary N) is 2. The van der Waals surface area contributed by atoms with Gasteiger partial charge in [-0.15, -0.1) is 0 Å². The van der Waals surface area contributed by atoms with Crippen molar-refractivity contribution < 1.29 is 0 Å². The Morgan fingerprint density at radius 1 is 1.44 bits per heavy atom. The minimum Gasteiger partial charge on any atom is -0.366 e. The largest absolute Gasteiger partial charge is 0.366 e. The molecule has 3 rings (SSSR count). The van der Waals surface area contributed by atoms with Gasteiger partial charge >= 0.3 is 0 Å². The van der Waals surface area contributed by atoms with Crippen molar-refractivity contribution in [1.82, 2.24) is 10.6 Å². The van der Waals surface area contributed by atoms with Crippen LogP contribution in [-0.4, -0.2) is 12.7 Å². The van der Waals surface area contributed by atoms with Gasteiger partial charge in [0, 0.05) is 6.20 Å². The van der Waals surface area contributed by atoms with Crippen LogP contribution in [0.15, 0.2) is 36.2 Å². The van der Waals surface area contributed by atoms with Crippen molar-refractivity contribution in [1.29, 1.82) is 0 Å². The lowest BCUT2D eigenvalue weighted by Crippen LogP contribution is -2.29. The molecule has 3 heteroatoms. The molecule has 0 spiro atoms. The Bertz CT molecular complexity index is 400. The molecule has 3 aliphatic rings. The molecule has 0 bridgehead atoms. The highest BCUT2D eigenvalue weighted by Gasteiger charge is 2.74. The second-order valence-electron chi connectivity index (χ2n) is 5.72. The van der Waals surface area contributed by atoms with Crippen molar-refractivity contribution in [2.45, 2.75) is 32.4 Å². The van der Waals surface area contributed by atoms with Crippen LogP contribution >= 0.6 is 0 Å². The SMILES string of the molecule is CC/C=C\[C@H]1NC=C(/C=C/CC2(CN)C3C[C@@H]32)N1. The second kappa shape index (κ2) is 4.47. The minimum atomic E-state index is 0.252. The van der Waals surface area contributed by atoms with Crippen molar-refractivity contribution in [2.75, 3.05) is 6.54 Å². The summed E-state index contributed by atoms with van der Waals surface area (Å²) < 4.78 is 0. The summed E-state index contributed by atoms with van der Waals surface area (Å²) in [5.41, 5.74) is 7.53. The van der Waals surface area contributed by atoms with E-state index in [2.05, 4.69) is 41.9 Å². The summed E-state index contributed by atoms with van der Waals surface area (Å²) in [6.45, 7) is 3.01. The first-order valence-corrected chi connectivity index (χ1v) is 7.06. The van der Waals surface area contributed by atoms with E-state index < -0.39 is 0 Å². The van der Waals surface area contributed by atoms with Gasteiger partial charge in [0.05, 0.1) is 5.70 Å². The van der Waals surface area contributed by atoms with E-state index in [1.54, 1.807) is 0 Å². The molecule has 0 aromatic heterocycles. The van der Waals surface area contributed by atoms with Gasteiger partial charge in [-0.25, -0.2) is 0 Å². The summed E-state index contributed by atoms with van der Waals surface area (Å²) in [6, 6.07) is 0. The van der Waals surface area contributed by atoms with Gasteiger partial charge in [0.1, 0.15) is 6.17 Å². The number of rotatable bonds is 6. The van der Waals surface area contributed by atoms with Crippen LogP contribution in [0.25, 0.3) is 0 Å². The molecule has 2 fully saturated rings. The predicted octanol–water partition coefficient (Wildman–Crippen LogP) is 1.85. The van der Waals surface area contributed by atoms with E-state index in [1.807, 2.05) is 6.20 Å². The van der Waals surface area contributed by atoms with Gasteiger partial charge in [-0.2, -0.15) is 0 Å². The van der Waals surface area contributed by atoms with Crippen molar-refractivity contribution in [3.8, 4) is 0 Å². The molecular weight excluding hydrogens is 222 g/mol. The Balaban J connectivity index is 1.45. The minimum absolute atomic E-state index is 0.252. The zero-order valence-electron chi connectivity index (χ0n) is 11.0. The molecule has 0 aromatic rings. The maximum atomic E-state index is 5.88. The molecule has 4 atom stereocenters. The Kier molecular flexibility index (Phi) is 2.94. The first kappa shape index (κ1) is 11.8. The van der Waals surface area contributed by atoms with Gasteiger partial charge in [0.25, 0.3) is 0 Å². The fourth-order valence-electron chi connectivity index (χ4n) is 3.18. The van der Waals surface area contributed by atoms with E-state index in [0.717, 1.165) is 31.2 Å². The third kappa shape index (κ3) is 1.97. The van der Waals surface area contributed by atoms with E-state index in [4.69, 9.17) is 5.73 Å². The highest BCUT2D eigenvalue weighted by atomic mass is 15.2. The van der Waals surface area contributed by atoms with E-state index >= 15 is 0 Å². The average molecular weight is 245 g/mol. The van der Waals surface area contributed by atoms with Gasteiger partial charge in [-0.1, -0.05) is 19.1 Å². The fraction of sp³-hybridized carbons (Fsp3) is 0.600. The maximum Gasteiger partial charge on any atom is 0.116 e. The third-order valence-electron chi connectivity index (χ3n) is 4.64. The Hall–Kier alpha value is -1.22. The van der Waals surface area contributed by atoms with Gasteiger partial charge in [0.2, 0.25) is 0 Å². The fourth-order valence-corrected chi connectivity index (χ4v) is 3.18. The highest BCUT2D eigenvalue weighted by Crippen LogP contribution is 2.78. The van der Waals surface area contributed by atoms with Crippen LogP contribution in [0.2, 0.25) is 0 Å². The smallest absolute Gasteiger partial charge is 0.116 e. The summed E-state index contributed by atoms with van der Waals surface area (Å²) in [6.07, 6.45) is 14.7. The van der Waals surface area contributed by atoms with Crippen LogP contribution in [0.3, 0.4) is 0 Å². The Labute approximate surface area is 109 Å². The van der Waals surface area contributed by atoms with Gasteiger partial charge < -0.3 is 16.4 Å². The number of allylic oxidation sites excluding steroid dienone is 3. The standard InChI is InChI=1S/C15H23N3/c1-2-3-6-14-17-9-11(18-14)5-4-7-15(10-16)12-8-13(12)15/h3-6,9,12-14,17-18H,2,7-8,10,16H2,1H3/b5-4+,6-3-/t12-,13?,14-,15?/m0/s1. The summed E-state index contributed by atoms with van der Waals surface area (Å²) in [5.74, 6) is 1.91. The topological polar surface area (TPSA) is 50.1 Å². The summed E-state index contributed by atoms with van der Waals surface area (Å²) in [7, 11) is 0. The average Bonchev–Trinajstić information content (AvgIpc) is 3.24. The second-order valence-corrected chi connectivity index (χ2v) is 5.72. The zero-order chi connectivity index (χ0) is 12.6. The molecule has 0 radical (unpaired) electrons. The zero-order valence-corrected chi connectivity index (χ0v) is 11.0. The summed E-state index contributed by atoms with van der Waals surface area (Å²) in [5, 5.41) is 6.72. The molecule has 1 aliphatic heterocycles. The quantitative estimate of drug-likeness (QED) is 0.626. The van der Waals surface area contributed by atoms with E-state index in [9.17, 15) is 0 Å². The Morgan fingerprint density at radius 3 is 2.89 bits per heavy atom. The molecule has 3 nitrogen and oxygen atoms in total. The summed E-state index contributed by atoms with van der Waals surface area (Å²) >= 11 is 0. The van der Waals surface area contributed by atoms with Crippen molar-refractivity contribution >= 4 is 0 Å². The number of nitrogens with two attached hydrogens (primary N) is 1. The Morgan fingerprint density at radius 2 is 2.28 bits per heavy atom. The van der Waals surface area contributed by atoms with E-state index in [1.165, 1.54) is 12.1 Å². The lowest BCUT2D eigenvalue weighted by molar-refractivity contribution is 0.382. The number of hydrogen-bond acceptors (Lipinski definition) is 3. The van der Waals surface area contributed by atoms with Crippen molar-refractivity contribution in [3.05, 3.63) is 36.2 Å². The normalized spacial score (nSPS) is 40.6. The van der Waals surface area contributed by atoms with E-state index in [0.29, 0.717) is 5.41 Å². The predicted molar refractivity (Wildman–Crippen MR) is 74.4 cm³/mol. The lowest BCUT2D eigenvalue weighted by Gasteiger charge is -2.17. The molecule has 4 N–H and O–H groups in total. The van der Waals surface area contributed by atoms with Gasteiger partial charge in [-0.05, 0) is 55.2 Å². The molecule has 2 saturated carbocycles. The van der Waals surface area contributed by atoms with Crippen LogP contribution in [0, 0.1) is 17.3 Å². The molecule has 2 unspecified atom stereocenters. The third-order valence-corrected chi connectivity index (χ3v) is 4.64. The monoisotopic (exact) mass is 245 g/mol. The lowest BCUT2D eigenvalue weighted by atomic mass is 9.90. The molecular formula is C15H23N3. The highest BCUT2D eigenvalue weighted by molar-refractivity contribution is 5.28. The van der Waals surface area contributed by atoms with Gasteiger partial charge in [0.15, 0.2) is 0 Å². The number of hydrogen-bond donors (Lipinski definition) is 3. The maximum absolute atomic E-state index is 5.88. The molecule has 98 valence electrons. The molecule has 0 amide bonds. The van der Waals surface area contributed by atoms with Crippen LogP contribution in [-0.2, 0) is 0 Å². The van der Waals surface area contributed by atoms with Crippen LogP contribution in [0.5, 0.6) is 0 Å². The van der Waals surface area contributed by atoms with Crippen LogP contribution in [0.4, 0.5) is 0 Å². The van der Waals surface area contributed by atoms with Crippen molar-refractivity contribution in [3.63, 3.8) is 0 Å². The van der Waals surface area contributed by atoms with Gasteiger partial charge in [-0.3, -0.25) is 0 Å².